The second-order valence-corrected chi connectivity index (χ2v) is 2.17. The molecule has 0 fully saturated rings. The second-order valence-electron chi connectivity index (χ2n) is 2.17. The van der Waals surface area contributed by atoms with E-state index in [4.69, 9.17) is 10.2 Å². The Kier molecular flexibility index (Phi) is 1.58. The monoisotopic (exact) mass is 125 g/mol. The third kappa shape index (κ3) is 1.13. The molecule has 2 heteroatoms. The molecule has 0 unspecified atom stereocenters. The Morgan fingerprint density at radius 2 is 2.22 bits per heavy atom. The Labute approximate surface area is 54.7 Å². The van der Waals surface area contributed by atoms with Crippen LogP contribution in [-0.4, -0.2) is 0 Å². The highest BCUT2D eigenvalue weighted by atomic mass is 16.3. The Morgan fingerprint density at radius 1 is 1.56 bits per heavy atom. The third-order valence-electron chi connectivity index (χ3n) is 1.33. The van der Waals surface area contributed by atoms with Crippen molar-refractivity contribution in [3.63, 3.8) is 0 Å². The largest absolute Gasteiger partial charge is 0.465 e. The fraction of sp³-hybridized carbons (Fsp3) is 0.429. The highest BCUT2D eigenvalue weighted by Gasteiger charge is 1.99. The highest BCUT2D eigenvalue weighted by molar-refractivity contribution is 5.18. The van der Waals surface area contributed by atoms with Crippen LogP contribution in [0.1, 0.15) is 17.1 Å². The van der Waals surface area contributed by atoms with Gasteiger partial charge in [-0.25, -0.2) is 0 Å². The molecule has 0 bridgehead atoms. The Bertz CT molecular complexity index is 203. The average molecular weight is 125 g/mol. The molecule has 0 saturated carbocycles. The predicted molar refractivity (Wildman–Crippen MR) is 36.1 cm³/mol. The lowest BCUT2D eigenvalue weighted by Gasteiger charge is -1.88. The maximum absolute atomic E-state index is 5.37. The van der Waals surface area contributed by atoms with Gasteiger partial charge >= 0.3 is 0 Å². The molecule has 0 spiro atoms. The standard InChI is InChI=1S/C7H11NO/c1-5-3-6(2)9-7(5)4-8/h3H,4,8H2,1-2H3. The summed E-state index contributed by atoms with van der Waals surface area (Å²) in [5.74, 6) is 1.83. The van der Waals surface area contributed by atoms with Crippen LogP contribution in [0.3, 0.4) is 0 Å². The molecule has 0 saturated heterocycles. The number of rotatable bonds is 1. The van der Waals surface area contributed by atoms with Gasteiger partial charge in [0.15, 0.2) is 0 Å². The van der Waals surface area contributed by atoms with Gasteiger partial charge in [0.25, 0.3) is 0 Å². The molecule has 0 atom stereocenters. The van der Waals surface area contributed by atoms with E-state index in [1.807, 2.05) is 19.9 Å². The molecule has 1 rings (SSSR count). The van der Waals surface area contributed by atoms with Crippen LogP contribution >= 0.6 is 0 Å². The Hall–Kier alpha value is -0.760. The van der Waals surface area contributed by atoms with Gasteiger partial charge in [-0.15, -0.1) is 0 Å². The minimum Gasteiger partial charge on any atom is -0.465 e. The SMILES string of the molecule is Cc1cc(C)c(CN)o1. The summed E-state index contributed by atoms with van der Waals surface area (Å²) in [6.45, 7) is 4.42. The fourth-order valence-corrected chi connectivity index (χ4v) is 0.892. The van der Waals surface area contributed by atoms with E-state index in [0.717, 1.165) is 17.1 Å². The minimum absolute atomic E-state index is 0.500. The predicted octanol–water partition coefficient (Wildman–Crippen LogP) is 1.36. The van der Waals surface area contributed by atoms with Gasteiger partial charge in [0.2, 0.25) is 0 Å². The summed E-state index contributed by atoms with van der Waals surface area (Å²) in [6.07, 6.45) is 0. The zero-order valence-corrected chi connectivity index (χ0v) is 5.77. The molecule has 9 heavy (non-hydrogen) atoms. The van der Waals surface area contributed by atoms with Gasteiger partial charge in [-0.2, -0.15) is 0 Å². The quantitative estimate of drug-likeness (QED) is 0.615. The van der Waals surface area contributed by atoms with Crippen LogP contribution in [0, 0.1) is 13.8 Å². The van der Waals surface area contributed by atoms with E-state index in [1.54, 1.807) is 0 Å². The van der Waals surface area contributed by atoms with Crippen LogP contribution in [0.25, 0.3) is 0 Å². The molecule has 0 aliphatic heterocycles. The van der Waals surface area contributed by atoms with Crippen molar-refractivity contribution in [1.82, 2.24) is 0 Å². The Morgan fingerprint density at radius 3 is 2.44 bits per heavy atom. The van der Waals surface area contributed by atoms with Gasteiger partial charge in [0.05, 0.1) is 6.54 Å². The topological polar surface area (TPSA) is 39.2 Å². The van der Waals surface area contributed by atoms with Crippen molar-refractivity contribution in [2.75, 3.05) is 0 Å². The summed E-state index contributed by atoms with van der Waals surface area (Å²) >= 11 is 0. The van der Waals surface area contributed by atoms with Gasteiger partial charge in [0, 0.05) is 0 Å². The lowest BCUT2D eigenvalue weighted by molar-refractivity contribution is 0.483. The van der Waals surface area contributed by atoms with E-state index >= 15 is 0 Å². The highest BCUT2D eigenvalue weighted by Crippen LogP contribution is 2.11. The molecular weight excluding hydrogens is 114 g/mol. The van der Waals surface area contributed by atoms with Crippen LogP contribution < -0.4 is 5.73 Å². The third-order valence-corrected chi connectivity index (χ3v) is 1.33. The van der Waals surface area contributed by atoms with E-state index in [9.17, 15) is 0 Å². The van der Waals surface area contributed by atoms with Crippen LogP contribution in [0.4, 0.5) is 0 Å². The van der Waals surface area contributed by atoms with Crippen molar-refractivity contribution >= 4 is 0 Å². The number of hydrogen-bond donors (Lipinski definition) is 1. The molecule has 2 nitrogen and oxygen atoms in total. The maximum Gasteiger partial charge on any atom is 0.120 e. The van der Waals surface area contributed by atoms with E-state index in [2.05, 4.69) is 0 Å². The van der Waals surface area contributed by atoms with Gasteiger partial charge < -0.3 is 10.2 Å². The minimum atomic E-state index is 0.500. The zero-order chi connectivity index (χ0) is 6.85. The van der Waals surface area contributed by atoms with Crippen LogP contribution in [0.15, 0.2) is 10.5 Å². The van der Waals surface area contributed by atoms with Crippen LogP contribution in [0.2, 0.25) is 0 Å². The molecule has 0 amide bonds. The normalized spacial score (nSPS) is 10.1. The van der Waals surface area contributed by atoms with Crippen LogP contribution in [-0.2, 0) is 6.54 Å². The van der Waals surface area contributed by atoms with Crippen molar-refractivity contribution < 1.29 is 4.42 Å². The summed E-state index contributed by atoms with van der Waals surface area (Å²) in [5.41, 5.74) is 6.52. The molecule has 1 heterocycles. The summed E-state index contributed by atoms with van der Waals surface area (Å²) < 4.78 is 5.24. The molecule has 0 aliphatic carbocycles. The van der Waals surface area contributed by atoms with Crippen molar-refractivity contribution in [3.8, 4) is 0 Å². The van der Waals surface area contributed by atoms with Gasteiger partial charge in [-0.05, 0) is 25.5 Å². The lowest BCUT2D eigenvalue weighted by atomic mass is 10.3. The molecule has 0 aromatic carbocycles. The molecule has 0 aliphatic rings. The molecule has 1 aromatic heterocycles. The molecule has 50 valence electrons. The number of nitrogens with two attached hydrogens (primary N) is 1. The molecular formula is C7H11NO. The van der Waals surface area contributed by atoms with E-state index in [-0.39, 0.29) is 0 Å². The van der Waals surface area contributed by atoms with Gasteiger partial charge in [-0.3, -0.25) is 0 Å². The summed E-state index contributed by atoms with van der Waals surface area (Å²) in [4.78, 5) is 0. The van der Waals surface area contributed by atoms with E-state index < -0.39 is 0 Å². The first-order chi connectivity index (χ1) is 4.24. The maximum atomic E-state index is 5.37. The first-order valence-corrected chi connectivity index (χ1v) is 3.00. The van der Waals surface area contributed by atoms with E-state index in [0.29, 0.717) is 6.54 Å². The smallest absolute Gasteiger partial charge is 0.120 e. The summed E-state index contributed by atoms with van der Waals surface area (Å²) in [5, 5.41) is 0. The summed E-state index contributed by atoms with van der Waals surface area (Å²) in [6, 6.07) is 1.99. The molecule has 1 aromatic rings. The van der Waals surface area contributed by atoms with Gasteiger partial charge in [-0.1, -0.05) is 0 Å². The lowest BCUT2D eigenvalue weighted by Crippen LogP contribution is -1.95. The number of aryl methyl sites for hydroxylation is 2. The number of hydrogen-bond acceptors (Lipinski definition) is 2. The first kappa shape index (κ1) is 6.36. The van der Waals surface area contributed by atoms with Crippen molar-refractivity contribution in [2.45, 2.75) is 20.4 Å². The second kappa shape index (κ2) is 2.23. The van der Waals surface area contributed by atoms with Crippen molar-refractivity contribution in [2.24, 2.45) is 5.73 Å². The fourth-order valence-electron chi connectivity index (χ4n) is 0.892. The van der Waals surface area contributed by atoms with Crippen LogP contribution in [0.5, 0.6) is 0 Å². The Balaban J connectivity index is 3.01. The zero-order valence-electron chi connectivity index (χ0n) is 5.77. The first-order valence-electron chi connectivity index (χ1n) is 3.00. The molecule has 0 radical (unpaired) electrons. The molecule has 2 N–H and O–H groups in total. The average Bonchev–Trinajstić information content (AvgIpc) is 2.10. The summed E-state index contributed by atoms with van der Waals surface area (Å²) in [7, 11) is 0. The number of furan rings is 1. The van der Waals surface area contributed by atoms with E-state index in [1.165, 1.54) is 0 Å². The van der Waals surface area contributed by atoms with Crippen molar-refractivity contribution in [3.05, 3.63) is 23.2 Å². The van der Waals surface area contributed by atoms with Gasteiger partial charge in [0.1, 0.15) is 11.5 Å². The van der Waals surface area contributed by atoms with Crippen molar-refractivity contribution in [1.29, 1.82) is 0 Å².